The molecule has 0 bridgehead atoms. The number of hydrogen-bond donors (Lipinski definition) is 0. The molecule has 2 nitrogen and oxygen atoms in total. The fourth-order valence-corrected chi connectivity index (χ4v) is 2.64. The van der Waals surface area contributed by atoms with E-state index in [-0.39, 0.29) is 0 Å². The summed E-state index contributed by atoms with van der Waals surface area (Å²) in [6.07, 6.45) is 0. The zero-order valence-corrected chi connectivity index (χ0v) is 12.7. The summed E-state index contributed by atoms with van der Waals surface area (Å²) in [5, 5.41) is 2.51. The minimum absolute atomic E-state index is 0.665. The topological polar surface area (TPSA) is 24.7 Å². The molecule has 0 heterocycles. The van der Waals surface area contributed by atoms with Crippen molar-refractivity contribution < 1.29 is 0 Å². The molecule has 0 fully saturated rings. The number of fused-ring (bicyclic) bond motifs is 1. The van der Waals surface area contributed by atoms with Crippen molar-refractivity contribution in [2.24, 2.45) is 9.98 Å². The van der Waals surface area contributed by atoms with Crippen LogP contribution in [0.15, 0.2) is 76.7 Å². The number of rotatable bonds is 4. The van der Waals surface area contributed by atoms with Gasteiger partial charge >= 0.3 is 0 Å². The maximum Gasteiger partial charge on any atom is 0.0712 e. The Kier molecular flexibility index (Phi) is 4.10. The number of hydrogen-bond acceptors (Lipinski definition) is 2. The van der Waals surface area contributed by atoms with Crippen molar-refractivity contribution in [3.8, 4) is 0 Å². The Morgan fingerprint density at radius 2 is 1.64 bits per heavy atom. The van der Waals surface area contributed by atoms with E-state index in [9.17, 15) is 0 Å². The zero-order valence-electron chi connectivity index (χ0n) is 12.7. The lowest BCUT2D eigenvalue weighted by Crippen LogP contribution is -1.96. The Bertz CT molecular complexity index is 842. The van der Waals surface area contributed by atoms with E-state index in [0.717, 1.165) is 17.0 Å². The zero-order chi connectivity index (χ0) is 15.4. The summed E-state index contributed by atoms with van der Waals surface area (Å²) in [7, 11) is 0. The van der Waals surface area contributed by atoms with Gasteiger partial charge in [-0.1, -0.05) is 60.7 Å². The number of para-hydroxylation sites is 1. The first kappa shape index (κ1) is 14.2. The largest absolute Gasteiger partial charge is 0.285 e. The quantitative estimate of drug-likeness (QED) is 0.590. The molecule has 2 heteroatoms. The van der Waals surface area contributed by atoms with Crippen molar-refractivity contribution in [2.75, 3.05) is 0 Å². The van der Waals surface area contributed by atoms with Crippen LogP contribution in [0.2, 0.25) is 0 Å². The third kappa shape index (κ3) is 2.82. The highest BCUT2D eigenvalue weighted by Crippen LogP contribution is 2.21. The molecular weight excluding hydrogens is 268 g/mol. The standard InChI is InChI=1S/C20H18N2/c1-15(18-11-5-6-13-20(18)21-2)22-14-17-10-7-9-16-8-3-4-12-19(16)17/h3-13H,2,14H2,1H3. The molecule has 108 valence electrons. The molecular formula is C20H18N2. The van der Waals surface area contributed by atoms with Crippen molar-refractivity contribution in [3.05, 3.63) is 77.9 Å². The summed E-state index contributed by atoms with van der Waals surface area (Å²) in [4.78, 5) is 8.82. The van der Waals surface area contributed by atoms with Crippen LogP contribution in [0.25, 0.3) is 10.8 Å². The Labute approximate surface area is 130 Å². The molecule has 0 spiro atoms. The van der Waals surface area contributed by atoms with Crippen LogP contribution in [0.4, 0.5) is 5.69 Å². The second-order valence-corrected chi connectivity index (χ2v) is 5.22. The highest BCUT2D eigenvalue weighted by Gasteiger charge is 2.04. The van der Waals surface area contributed by atoms with E-state index in [1.54, 1.807) is 0 Å². The average molecular weight is 286 g/mol. The number of benzene rings is 3. The van der Waals surface area contributed by atoms with Gasteiger partial charge in [0.1, 0.15) is 0 Å². The molecule has 0 aliphatic carbocycles. The van der Waals surface area contributed by atoms with E-state index >= 15 is 0 Å². The highest BCUT2D eigenvalue weighted by atomic mass is 14.8. The maximum absolute atomic E-state index is 4.75. The van der Waals surface area contributed by atoms with E-state index < -0.39 is 0 Å². The molecule has 22 heavy (non-hydrogen) atoms. The minimum Gasteiger partial charge on any atom is -0.285 e. The van der Waals surface area contributed by atoms with Crippen molar-refractivity contribution >= 4 is 28.9 Å². The van der Waals surface area contributed by atoms with Crippen LogP contribution in [0.3, 0.4) is 0 Å². The van der Waals surface area contributed by atoms with Gasteiger partial charge in [0.05, 0.1) is 12.2 Å². The predicted octanol–water partition coefficient (Wildman–Crippen LogP) is 5.18. The maximum atomic E-state index is 4.75. The van der Waals surface area contributed by atoms with Crippen LogP contribution in [-0.2, 0) is 6.54 Å². The van der Waals surface area contributed by atoms with Crippen LogP contribution in [0.1, 0.15) is 18.1 Å². The van der Waals surface area contributed by atoms with Crippen molar-refractivity contribution in [2.45, 2.75) is 13.5 Å². The monoisotopic (exact) mass is 286 g/mol. The van der Waals surface area contributed by atoms with Crippen molar-refractivity contribution in [1.82, 2.24) is 0 Å². The first-order chi connectivity index (χ1) is 10.8. The summed E-state index contributed by atoms with van der Waals surface area (Å²) in [6.45, 7) is 6.32. The number of nitrogens with zero attached hydrogens (tertiary/aromatic N) is 2. The predicted molar refractivity (Wildman–Crippen MR) is 95.5 cm³/mol. The van der Waals surface area contributed by atoms with E-state index in [1.165, 1.54) is 16.3 Å². The molecule has 0 unspecified atom stereocenters. The lowest BCUT2D eigenvalue weighted by Gasteiger charge is -2.07. The molecule has 0 saturated heterocycles. The van der Waals surface area contributed by atoms with Crippen molar-refractivity contribution in [1.29, 1.82) is 0 Å². The molecule has 0 N–H and O–H groups in total. The van der Waals surface area contributed by atoms with Gasteiger partial charge in [-0.05, 0) is 36.0 Å². The van der Waals surface area contributed by atoms with E-state index in [2.05, 4.69) is 54.2 Å². The van der Waals surface area contributed by atoms with Crippen LogP contribution in [0, 0.1) is 0 Å². The lowest BCUT2D eigenvalue weighted by atomic mass is 10.0. The summed E-state index contributed by atoms with van der Waals surface area (Å²) in [5.74, 6) is 0. The van der Waals surface area contributed by atoms with Gasteiger partial charge in [0, 0.05) is 11.3 Å². The molecule has 0 atom stereocenters. The summed E-state index contributed by atoms with van der Waals surface area (Å²) < 4.78 is 0. The van der Waals surface area contributed by atoms with Crippen LogP contribution >= 0.6 is 0 Å². The second kappa shape index (κ2) is 6.35. The molecule has 0 aromatic heterocycles. The smallest absolute Gasteiger partial charge is 0.0712 e. The SMILES string of the molecule is C=Nc1ccccc1C(C)=NCc1cccc2ccccc12. The Balaban J connectivity index is 1.94. The fourth-order valence-electron chi connectivity index (χ4n) is 2.64. The van der Waals surface area contributed by atoms with Gasteiger partial charge in [-0.25, -0.2) is 0 Å². The first-order valence-electron chi connectivity index (χ1n) is 7.33. The van der Waals surface area contributed by atoms with Gasteiger partial charge in [0.15, 0.2) is 0 Å². The second-order valence-electron chi connectivity index (χ2n) is 5.22. The minimum atomic E-state index is 0.665. The third-order valence-electron chi connectivity index (χ3n) is 3.83. The van der Waals surface area contributed by atoms with Gasteiger partial charge in [-0.2, -0.15) is 0 Å². The summed E-state index contributed by atoms with van der Waals surface area (Å²) >= 11 is 0. The summed E-state index contributed by atoms with van der Waals surface area (Å²) in [6, 6.07) is 22.7. The van der Waals surface area contributed by atoms with E-state index in [1.807, 2.05) is 31.2 Å². The van der Waals surface area contributed by atoms with E-state index in [0.29, 0.717) is 6.54 Å². The molecule has 0 radical (unpaired) electrons. The molecule has 3 aromatic carbocycles. The molecule has 0 saturated carbocycles. The van der Waals surface area contributed by atoms with Gasteiger partial charge in [0.2, 0.25) is 0 Å². The lowest BCUT2D eigenvalue weighted by molar-refractivity contribution is 1.08. The van der Waals surface area contributed by atoms with Gasteiger partial charge < -0.3 is 0 Å². The fraction of sp³-hybridized carbons (Fsp3) is 0.100. The molecule has 3 rings (SSSR count). The first-order valence-corrected chi connectivity index (χ1v) is 7.33. The molecule has 0 amide bonds. The van der Waals surface area contributed by atoms with Crippen LogP contribution < -0.4 is 0 Å². The Hall–Kier alpha value is -2.74. The van der Waals surface area contributed by atoms with Crippen molar-refractivity contribution in [3.63, 3.8) is 0 Å². The number of aliphatic imine (C=N–C) groups is 2. The molecule has 0 aliphatic rings. The van der Waals surface area contributed by atoms with Crippen LogP contribution in [-0.4, -0.2) is 12.4 Å². The highest BCUT2D eigenvalue weighted by molar-refractivity contribution is 6.03. The Morgan fingerprint density at radius 1 is 0.909 bits per heavy atom. The molecule has 0 aliphatic heterocycles. The third-order valence-corrected chi connectivity index (χ3v) is 3.83. The van der Waals surface area contributed by atoms with Gasteiger partial charge in [-0.15, -0.1) is 0 Å². The van der Waals surface area contributed by atoms with Gasteiger partial charge in [0.25, 0.3) is 0 Å². The van der Waals surface area contributed by atoms with E-state index in [4.69, 9.17) is 4.99 Å². The van der Waals surface area contributed by atoms with Gasteiger partial charge in [-0.3, -0.25) is 9.98 Å². The summed E-state index contributed by atoms with van der Waals surface area (Å²) in [5.41, 5.74) is 4.14. The normalized spacial score (nSPS) is 11.6. The van der Waals surface area contributed by atoms with Crippen LogP contribution in [0.5, 0.6) is 0 Å². The average Bonchev–Trinajstić information content (AvgIpc) is 2.59. The Morgan fingerprint density at radius 3 is 2.50 bits per heavy atom. The molecule has 3 aromatic rings.